The van der Waals surface area contributed by atoms with E-state index in [1.807, 2.05) is 0 Å². The lowest BCUT2D eigenvalue weighted by atomic mass is 10.3. The zero-order valence-corrected chi connectivity index (χ0v) is 30.1. The molecule has 0 amide bonds. The quantitative estimate of drug-likeness (QED) is 0.0705. The topological polar surface area (TPSA) is 95.5 Å². The average molecular weight is 658 g/mol. The Hall–Kier alpha value is -0.520. The molecule has 0 aliphatic carbocycles. The number of hydrogen-bond donors (Lipinski definition) is 0. The maximum atomic E-state index is 5.65. The van der Waals surface area contributed by atoms with Gasteiger partial charge in [0, 0.05) is 19.5 Å². The monoisotopic (exact) mass is 658 g/mol. The Kier molecular flexibility index (Phi) is 31.7. The lowest BCUT2D eigenvalue weighted by molar-refractivity contribution is -0.870. The van der Waals surface area contributed by atoms with Gasteiger partial charge < -0.3 is 61.2 Å². The molecular formula is C32H71N3O10+2. The van der Waals surface area contributed by atoms with Crippen LogP contribution in [0.3, 0.4) is 0 Å². The fourth-order valence-corrected chi connectivity index (χ4v) is 3.57. The van der Waals surface area contributed by atoms with E-state index >= 15 is 0 Å². The highest BCUT2D eigenvalue weighted by atomic mass is 16.6. The van der Waals surface area contributed by atoms with Crippen LogP contribution in [-0.4, -0.2) is 222 Å². The zero-order valence-electron chi connectivity index (χ0n) is 30.1. The molecule has 0 bridgehead atoms. The molecule has 0 rings (SSSR count). The van der Waals surface area contributed by atoms with Crippen molar-refractivity contribution < 1.29 is 56.3 Å². The van der Waals surface area contributed by atoms with Crippen LogP contribution in [0.4, 0.5) is 0 Å². The Morgan fingerprint density at radius 3 is 0.822 bits per heavy atom. The molecule has 0 aliphatic rings. The summed E-state index contributed by atoms with van der Waals surface area (Å²) in [5.41, 5.74) is 0. The molecule has 0 unspecified atom stereocenters. The lowest BCUT2D eigenvalue weighted by Crippen LogP contribution is -2.37. The summed E-state index contributed by atoms with van der Waals surface area (Å²) in [6, 6.07) is 0. The van der Waals surface area contributed by atoms with Crippen molar-refractivity contribution in [3.63, 3.8) is 0 Å². The first kappa shape index (κ1) is 44.5. The summed E-state index contributed by atoms with van der Waals surface area (Å²) in [4.78, 5) is 2.32. The second-order valence-electron chi connectivity index (χ2n) is 12.8. The molecule has 0 aromatic carbocycles. The first-order chi connectivity index (χ1) is 21.6. The second kappa shape index (κ2) is 32.0. The molecule has 0 heterocycles. The van der Waals surface area contributed by atoms with Crippen LogP contribution in [-0.2, 0) is 47.4 Å². The summed E-state index contributed by atoms with van der Waals surface area (Å²) in [5, 5.41) is 0. The van der Waals surface area contributed by atoms with Gasteiger partial charge in [-0.15, -0.1) is 0 Å². The Morgan fingerprint density at radius 1 is 0.311 bits per heavy atom. The van der Waals surface area contributed by atoms with Crippen LogP contribution in [0.2, 0.25) is 0 Å². The minimum Gasteiger partial charge on any atom is -0.378 e. The van der Waals surface area contributed by atoms with Gasteiger partial charge in [-0.1, -0.05) is 0 Å². The summed E-state index contributed by atoms with van der Waals surface area (Å²) in [6.07, 6.45) is 1.19. The van der Waals surface area contributed by atoms with E-state index in [0.29, 0.717) is 119 Å². The van der Waals surface area contributed by atoms with Crippen molar-refractivity contribution in [2.24, 2.45) is 0 Å². The van der Waals surface area contributed by atoms with Crippen molar-refractivity contribution in [2.75, 3.05) is 208 Å². The fourth-order valence-electron chi connectivity index (χ4n) is 3.57. The molecule has 0 aromatic rings. The molecule has 13 heteroatoms. The third-order valence-electron chi connectivity index (χ3n) is 6.24. The van der Waals surface area contributed by atoms with Crippen LogP contribution >= 0.6 is 0 Å². The number of quaternary nitrogens is 2. The van der Waals surface area contributed by atoms with Crippen molar-refractivity contribution in [1.82, 2.24) is 4.90 Å². The SMILES string of the molecule is CN(CCC[N+](C)(C)C)CCOCCOCCOCCOCCOCCOCCOCCOCCOCCOCC[N+](C)(C)C. The van der Waals surface area contributed by atoms with Crippen molar-refractivity contribution in [3.8, 4) is 0 Å². The van der Waals surface area contributed by atoms with E-state index in [0.717, 1.165) is 41.8 Å². The van der Waals surface area contributed by atoms with Crippen molar-refractivity contribution in [1.29, 1.82) is 0 Å². The molecule has 0 spiro atoms. The predicted molar refractivity (Wildman–Crippen MR) is 176 cm³/mol. The lowest BCUT2D eigenvalue weighted by Gasteiger charge is -2.25. The molecule has 0 radical (unpaired) electrons. The van der Waals surface area contributed by atoms with E-state index < -0.39 is 0 Å². The fraction of sp³-hybridized carbons (Fsp3) is 1.00. The van der Waals surface area contributed by atoms with Crippen molar-refractivity contribution >= 4 is 0 Å². The summed E-state index contributed by atoms with van der Waals surface area (Å²) in [5.74, 6) is 0. The third kappa shape index (κ3) is 41.5. The van der Waals surface area contributed by atoms with Crippen LogP contribution in [0.1, 0.15) is 6.42 Å². The van der Waals surface area contributed by atoms with E-state index in [4.69, 9.17) is 47.4 Å². The molecule has 13 nitrogen and oxygen atoms in total. The van der Waals surface area contributed by atoms with Gasteiger partial charge in [-0.3, -0.25) is 0 Å². The first-order valence-electron chi connectivity index (χ1n) is 16.7. The molecule has 0 aliphatic heterocycles. The minimum absolute atomic E-state index is 0.526. The Morgan fingerprint density at radius 2 is 0.556 bits per heavy atom. The summed E-state index contributed by atoms with van der Waals surface area (Å²) < 4.78 is 57.1. The summed E-state index contributed by atoms with van der Waals surface area (Å²) >= 11 is 0. The van der Waals surface area contributed by atoms with Crippen LogP contribution < -0.4 is 0 Å². The van der Waals surface area contributed by atoms with E-state index in [9.17, 15) is 0 Å². The van der Waals surface area contributed by atoms with Gasteiger partial charge in [0.2, 0.25) is 0 Å². The standard InChI is InChI=1S/C32H71N3O10/c1-33(9-8-11-34(2,3)4)10-13-36-15-17-38-19-21-40-23-25-42-27-29-44-31-32-45-30-28-43-26-24-41-22-20-39-18-16-37-14-12-35(5,6)7/h8-32H2,1-7H3/q+2. The van der Waals surface area contributed by atoms with Gasteiger partial charge in [0.1, 0.15) is 6.54 Å². The normalized spacial score (nSPS) is 12.5. The maximum Gasteiger partial charge on any atom is 0.102 e. The highest BCUT2D eigenvalue weighted by Gasteiger charge is 2.07. The predicted octanol–water partition coefficient (Wildman–Crippen LogP) is 0.887. The molecule has 0 saturated heterocycles. The average Bonchev–Trinajstić information content (AvgIpc) is 2.96. The zero-order chi connectivity index (χ0) is 33.3. The molecular weight excluding hydrogens is 586 g/mol. The smallest absolute Gasteiger partial charge is 0.102 e. The Balaban J connectivity index is 3.12. The van der Waals surface area contributed by atoms with Crippen molar-refractivity contribution in [3.05, 3.63) is 0 Å². The highest BCUT2D eigenvalue weighted by molar-refractivity contribution is 4.50. The van der Waals surface area contributed by atoms with Gasteiger partial charge in [0.25, 0.3) is 0 Å². The van der Waals surface area contributed by atoms with Gasteiger partial charge in [0.05, 0.1) is 181 Å². The van der Waals surface area contributed by atoms with Crippen molar-refractivity contribution in [2.45, 2.75) is 6.42 Å². The molecule has 0 aromatic heterocycles. The van der Waals surface area contributed by atoms with E-state index in [1.165, 1.54) is 13.0 Å². The molecule has 0 saturated carbocycles. The number of ether oxygens (including phenoxy) is 10. The largest absolute Gasteiger partial charge is 0.378 e. The van der Waals surface area contributed by atoms with Crippen LogP contribution in [0.15, 0.2) is 0 Å². The van der Waals surface area contributed by atoms with Gasteiger partial charge in [-0.05, 0) is 7.05 Å². The van der Waals surface area contributed by atoms with Gasteiger partial charge in [-0.2, -0.15) is 0 Å². The number of rotatable bonds is 37. The Bertz CT molecular complexity index is 595. The van der Waals surface area contributed by atoms with E-state index in [1.54, 1.807) is 0 Å². The van der Waals surface area contributed by atoms with Gasteiger partial charge in [-0.25, -0.2) is 0 Å². The third-order valence-corrected chi connectivity index (χ3v) is 6.24. The van der Waals surface area contributed by atoms with Gasteiger partial charge in [0.15, 0.2) is 0 Å². The minimum atomic E-state index is 0.526. The Labute approximate surface area is 275 Å². The van der Waals surface area contributed by atoms with Gasteiger partial charge >= 0.3 is 0 Å². The van der Waals surface area contributed by atoms with Crippen LogP contribution in [0.25, 0.3) is 0 Å². The molecule has 0 N–H and O–H groups in total. The maximum absolute atomic E-state index is 5.65. The van der Waals surface area contributed by atoms with Crippen LogP contribution in [0.5, 0.6) is 0 Å². The first-order valence-corrected chi connectivity index (χ1v) is 16.7. The van der Waals surface area contributed by atoms with E-state index in [2.05, 4.69) is 54.2 Å². The number of nitrogens with zero attached hydrogens (tertiary/aromatic N) is 3. The highest BCUT2D eigenvalue weighted by Crippen LogP contribution is 1.96. The van der Waals surface area contributed by atoms with E-state index in [-0.39, 0.29) is 0 Å². The summed E-state index contributed by atoms with van der Waals surface area (Å²) in [7, 11) is 15.3. The number of hydrogen-bond acceptors (Lipinski definition) is 11. The number of likely N-dealkylation sites (N-methyl/N-ethyl adjacent to an activating group) is 2. The molecule has 45 heavy (non-hydrogen) atoms. The van der Waals surface area contributed by atoms with Crippen LogP contribution in [0, 0.1) is 0 Å². The second-order valence-corrected chi connectivity index (χ2v) is 12.8. The molecule has 272 valence electrons. The summed E-state index contributed by atoms with van der Waals surface area (Å²) in [6.45, 7) is 15.6. The molecule has 0 fully saturated rings. The molecule has 0 atom stereocenters.